The molecule has 2 N–H and O–H groups in total. The molecule has 5 nitrogen and oxygen atoms in total. The number of hydrogen-bond donors (Lipinski definition) is 1. The van der Waals surface area contributed by atoms with Gasteiger partial charge in [-0.2, -0.15) is 4.98 Å². The van der Waals surface area contributed by atoms with E-state index in [1.54, 1.807) is 12.4 Å². The fourth-order valence-electron chi connectivity index (χ4n) is 1.83. The van der Waals surface area contributed by atoms with Crippen LogP contribution in [0.15, 0.2) is 47.2 Å². The molecule has 1 aromatic carbocycles. The molecule has 0 saturated heterocycles. The lowest BCUT2D eigenvalue weighted by Crippen LogP contribution is -1.93. The first-order valence-electron chi connectivity index (χ1n) is 5.99. The summed E-state index contributed by atoms with van der Waals surface area (Å²) in [5.74, 6) is 0.304. The summed E-state index contributed by atoms with van der Waals surface area (Å²) in [6, 6.07) is 7.78. The molecule has 3 rings (SSSR count). The number of hydrogen-bond acceptors (Lipinski definition) is 5. The first-order valence-corrected chi connectivity index (χ1v) is 5.99. The summed E-state index contributed by atoms with van der Waals surface area (Å²) in [5, 5.41) is 3.87. The zero-order chi connectivity index (χ0) is 13.9. The molecule has 0 aliphatic rings. The van der Waals surface area contributed by atoms with E-state index in [1.165, 1.54) is 18.2 Å². The number of nitrogens with zero attached hydrogens (tertiary/aromatic N) is 3. The molecule has 0 amide bonds. The van der Waals surface area contributed by atoms with Gasteiger partial charge in [0, 0.05) is 24.5 Å². The van der Waals surface area contributed by atoms with Crippen molar-refractivity contribution < 1.29 is 8.91 Å². The van der Waals surface area contributed by atoms with Crippen LogP contribution < -0.4 is 5.73 Å². The van der Waals surface area contributed by atoms with Gasteiger partial charge in [-0.1, -0.05) is 11.2 Å². The third-order valence-corrected chi connectivity index (χ3v) is 2.80. The van der Waals surface area contributed by atoms with Gasteiger partial charge in [0.2, 0.25) is 0 Å². The highest BCUT2D eigenvalue weighted by atomic mass is 19.1. The third-order valence-electron chi connectivity index (χ3n) is 2.80. The van der Waals surface area contributed by atoms with Crippen LogP contribution in [0.3, 0.4) is 0 Å². The van der Waals surface area contributed by atoms with Crippen molar-refractivity contribution in [1.82, 2.24) is 15.1 Å². The Morgan fingerprint density at radius 3 is 2.95 bits per heavy atom. The van der Waals surface area contributed by atoms with Gasteiger partial charge in [-0.15, -0.1) is 0 Å². The first kappa shape index (κ1) is 12.3. The van der Waals surface area contributed by atoms with Crippen LogP contribution in [0, 0.1) is 5.82 Å². The van der Waals surface area contributed by atoms with Crippen molar-refractivity contribution in [2.75, 3.05) is 5.73 Å². The summed E-state index contributed by atoms with van der Waals surface area (Å²) in [6.45, 7) is 0. The monoisotopic (exact) mass is 270 g/mol. The Morgan fingerprint density at radius 2 is 2.15 bits per heavy atom. The minimum Gasteiger partial charge on any atom is -0.398 e. The van der Waals surface area contributed by atoms with Crippen LogP contribution in [-0.2, 0) is 6.42 Å². The van der Waals surface area contributed by atoms with E-state index in [1.807, 2.05) is 12.1 Å². The summed E-state index contributed by atoms with van der Waals surface area (Å²) in [7, 11) is 0. The van der Waals surface area contributed by atoms with Gasteiger partial charge in [-0.3, -0.25) is 4.98 Å². The molecule has 0 atom stereocenters. The smallest absolute Gasteiger partial charge is 0.260 e. The van der Waals surface area contributed by atoms with Gasteiger partial charge in [-0.25, -0.2) is 4.39 Å². The molecule has 20 heavy (non-hydrogen) atoms. The van der Waals surface area contributed by atoms with Crippen LogP contribution in [0.5, 0.6) is 0 Å². The van der Waals surface area contributed by atoms with Crippen LogP contribution in [0.4, 0.5) is 10.1 Å². The predicted octanol–water partition coefficient (Wildman–Crippen LogP) is 2.44. The van der Waals surface area contributed by atoms with Crippen molar-refractivity contribution in [1.29, 1.82) is 0 Å². The quantitative estimate of drug-likeness (QED) is 0.739. The summed E-state index contributed by atoms with van der Waals surface area (Å²) in [6.07, 6.45) is 3.91. The SMILES string of the molecule is Nc1ccc(F)cc1-c1nc(Cc2cccnc2)no1. The van der Waals surface area contributed by atoms with E-state index in [2.05, 4.69) is 15.1 Å². The Bertz CT molecular complexity index is 727. The van der Waals surface area contributed by atoms with Gasteiger partial charge in [0.15, 0.2) is 5.82 Å². The summed E-state index contributed by atoms with van der Waals surface area (Å²) in [5.41, 5.74) is 7.53. The van der Waals surface area contributed by atoms with Crippen LogP contribution in [0.1, 0.15) is 11.4 Å². The maximum atomic E-state index is 13.2. The number of rotatable bonds is 3. The molecule has 0 saturated carbocycles. The van der Waals surface area contributed by atoms with Crippen LogP contribution >= 0.6 is 0 Å². The molecular weight excluding hydrogens is 259 g/mol. The number of nitrogens with two attached hydrogens (primary N) is 1. The fourth-order valence-corrected chi connectivity index (χ4v) is 1.83. The predicted molar refractivity (Wildman–Crippen MR) is 71.1 cm³/mol. The van der Waals surface area contributed by atoms with Gasteiger partial charge in [0.25, 0.3) is 5.89 Å². The number of halogens is 1. The van der Waals surface area contributed by atoms with Gasteiger partial charge in [-0.05, 0) is 29.8 Å². The fraction of sp³-hybridized carbons (Fsp3) is 0.0714. The number of pyridine rings is 1. The van der Waals surface area contributed by atoms with E-state index in [4.69, 9.17) is 10.3 Å². The van der Waals surface area contributed by atoms with Crippen molar-refractivity contribution in [2.45, 2.75) is 6.42 Å². The van der Waals surface area contributed by atoms with Crippen molar-refractivity contribution in [3.63, 3.8) is 0 Å². The average Bonchev–Trinajstić information content (AvgIpc) is 2.91. The molecule has 2 heterocycles. The Morgan fingerprint density at radius 1 is 1.25 bits per heavy atom. The molecule has 0 bridgehead atoms. The highest BCUT2D eigenvalue weighted by Gasteiger charge is 2.13. The van der Waals surface area contributed by atoms with E-state index in [0.717, 1.165) is 5.56 Å². The lowest BCUT2D eigenvalue weighted by Gasteiger charge is -1.99. The molecule has 0 aliphatic carbocycles. The van der Waals surface area contributed by atoms with Gasteiger partial charge in [0.1, 0.15) is 5.82 Å². The Labute approximate surface area is 114 Å². The normalized spacial score (nSPS) is 10.7. The number of nitrogen functional groups attached to an aromatic ring is 1. The molecular formula is C14H11FN4O. The zero-order valence-electron chi connectivity index (χ0n) is 10.5. The lowest BCUT2D eigenvalue weighted by atomic mass is 10.1. The molecule has 0 unspecified atom stereocenters. The largest absolute Gasteiger partial charge is 0.398 e. The number of benzene rings is 1. The molecule has 0 fully saturated rings. The zero-order valence-corrected chi connectivity index (χ0v) is 10.5. The van der Waals surface area contributed by atoms with E-state index in [-0.39, 0.29) is 5.89 Å². The third kappa shape index (κ3) is 2.49. The summed E-state index contributed by atoms with van der Waals surface area (Å²) in [4.78, 5) is 8.24. The van der Waals surface area contributed by atoms with Crippen molar-refractivity contribution in [3.8, 4) is 11.5 Å². The maximum absolute atomic E-state index is 13.2. The molecule has 0 radical (unpaired) electrons. The second-order valence-electron chi connectivity index (χ2n) is 4.29. The second-order valence-corrected chi connectivity index (χ2v) is 4.29. The minimum atomic E-state index is -0.402. The lowest BCUT2D eigenvalue weighted by molar-refractivity contribution is 0.424. The highest BCUT2D eigenvalue weighted by Crippen LogP contribution is 2.25. The van der Waals surface area contributed by atoms with Crippen LogP contribution in [0.25, 0.3) is 11.5 Å². The molecule has 0 spiro atoms. The maximum Gasteiger partial charge on any atom is 0.260 e. The van der Waals surface area contributed by atoms with Crippen molar-refractivity contribution >= 4 is 5.69 Å². The Hall–Kier alpha value is -2.76. The minimum absolute atomic E-state index is 0.209. The Kier molecular flexibility index (Phi) is 3.12. The number of aromatic nitrogens is 3. The standard InChI is InChI=1S/C14H11FN4O/c15-10-3-4-12(16)11(7-10)14-18-13(19-20-14)6-9-2-1-5-17-8-9/h1-5,7-8H,6,16H2. The highest BCUT2D eigenvalue weighted by molar-refractivity contribution is 5.70. The molecule has 3 aromatic rings. The van der Waals surface area contributed by atoms with Crippen LogP contribution in [0.2, 0.25) is 0 Å². The first-order chi connectivity index (χ1) is 9.72. The molecule has 0 aliphatic heterocycles. The number of anilines is 1. The van der Waals surface area contributed by atoms with E-state index < -0.39 is 5.82 Å². The molecule has 6 heteroatoms. The van der Waals surface area contributed by atoms with Crippen LogP contribution in [-0.4, -0.2) is 15.1 Å². The van der Waals surface area contributed by atoms with E-state index in [9.17, 15) is 4.39 Å². The van der Waals surface area contributed by atoms with E-state index >= 15 is 0 Å². The van der Waals surface area contributed by atoms with E-state index in [0.29, 0.717) is 23.5 Å². The van der Waals surface area contributed by atoms with Crippen molar-refractivity contribution in [2.24, 2.45) is 0 Å². The summed E-state index contributed by atoms with van der Waals surface area (Å²) >= 11 is 0. The van der Waals surface area contributed by atoms with Crippen molar-refractivity contribution in [3.05, 3.63) is 59.9 Å². The molecule has 100 valence electrons. The molecule has 2 aromatic heterocycles. The Balaban J connectivity index is 1.88. The average molecular weight is 270 g/mol. The van der Waals surface area contributed by atoms with Gasteiger partial charge >= 0.3 is 0 Å². The topological polar surface area (TPSA) is 77.8 Å². The second kappa shape index (κ2) is 5.08. The van der Waals surface area contributed by atoms with Gasteiger partial charge in [0.05, 0.1) is 5.56 Å². The van der Waals surface area contributed by atoms with Gasteiger partial charge < -0.3 is 10.3 Å². The summed E-state index contributed by atoms with van der Waals surface area (Å²) < 4.78 is 18.4.